The van der Waals surface area contributed by atoms with Gasteiger partial charge >= 0.3 is 0 Å². The van der Waals surface area contributed by atoms with Crippen molar-refractivity contribution in [2.75, 3.05) is 6.54 Å². The fourth-order valence-corrected chi connectivity index (χ4v) is 1.73. The Labute approximate surface area is 82.7 Å². The van der Waals surface area contributed by atoms with Gasteiger partial charge in [-0.1, -0.05) is 0 Å². The molecule has 0 radical (unpaired) electrons. The molecule has 4 nitrogen and oxygen atoms in total. The van der Waals surface area contributed by atoms with E-state index in [2.05, 4.69) is 0 Å². The predicted molar refractivity (Wildman–Crippen MR) is 51.3 cm³/mol. The van der Waals surface area contributed by atoms with Crippen molar-refractivity contribution >= 4 is 5.91 Å². The molecule has 0 bridgehead atoms. The lowest BCUT2D eigenvalue weighted by Gasteiger charge is -2.29. The number of nitrogens with two attached hydrogens (primary N) is 1. The maximum Gasteiger partial charge on any atom is 0.239 e. The fraction of sp³-hybridized carbons (Fsp3) is 0.500. The normalized spacial score (nSPS) is 22.8. The summed E-state index contributed by atoms with van der Waals surface area (Å²) < 4.78 is 4.95. The van der Waals surface area contributed by atoms with Crippen LogP contribution in [-0.4, -0.2) is 23.4 Å². The van der Waals surface area contributed by atoms with Gasteiger partial charge in [-0.05, 0) is 18.9 Å². The van der Waals surface area contributed by atoms with Crippen molar-refractivity contribution in [1.82, 2.24) is 4.90 Å². The number of likely N-dealkylation sites (tertiary alicyclic amines) is 1. The summed E-state index contributed by atoms with van der Waals surface area (Å²) in [4.78, 5) is 13.4. The van der Waals surface area contributed by atoms with Gasteiger partial charge in [-0.3, -0.25) is 4.79 Å². The number of amides is 1. The van der Waals surface area contributed by atoms with Gasteiger partial charge in [0, 0.05) is 18.7 Å². The van der Waals surface area contributed by atoms with Gasteiger partial charge in [0.15, 0.2) is 0 Å². The van der Waals surface area contributed by atoms with Crippen LogP contribution in [0.15, 0.2) is 23.0 Å². The smallest absolute Gasteiger partial charge is 0.239 e. The fourth-order valence-electron chi connectivity index (χ4n) is 1.73. The zero-order chi connectivity index (χ0) is 9.97. The zero-order valence-corrected chi connectivity index (χ0v) is 7.98. The van der Waals surface area contributed by atoms with Crippen molar-refractivity contribution < 1.29 is 9.21 Å². The van der Waals surface area contributed by atoms with E-state index in [1.54, 1.807) is 17.4 Å². The minimum Gasteiger partial charge on any atom is -0.472 e. The minimum atomic E-state index is -0.310. The van der Waals surface area contributed by atoms with E-state index in [0.717, 1.165) is 24.9 Å². The highest BCUT2D eigenvalue weighted by Crippen LogP contribution is 2.13. The van der Waals surface area contributed by atoms with Gasteiger partial charge in [-0.15, -0.1) is 0 Å². The number of furan rings is 1. The Morgan fingerprint density at radius 1 is 1.64 bits per heavy atom. The van der Waals surface area contributed by atoms with Gasteiger partial charge in [-0.25, -0.2) is 0 Å². The van der Waals surface area contributed by atoms with Gasteiger partial charge in [-0.2, -0.15) is 0 Å². The molecule has 2 rings (SSSR count). The average molecular weight is 194 g/mol. The number of carbonyl (C=O) groups excluding carboxylic acids is 1. The average Bonchev–Trinajstić information content (AvgIpc) is 2.66. The van der Waals surface area contributed by atoms with Crippen molar-refractivity contribution in [1.29, 1.82) is 0 Å². The van der Waals surface area contributed by atoms with Crippen LogP contribution in [0.4, 0.5) is 0 Å². The molecule has 2 heterocycles. The van der Waals surface area contributed by atoms with Crippen LogP contribution in [0.2, 0.25) is 0 Å². The van der Waals surface area contributed by atoms with Crippen LogP contribution in [0, 0.1) is 0 Å². The molecule has 0 aliphatic carbocycles. The van der Waals surface area contributed by atoms with Crippen LogP contribution < -0.4 is 5.73 Å². The molecule has 14 heavy (non-hydrogen) atoms. The zero-order valence-electron chi connectivity index (χ0n) is 7.98. The Morgan fingerprint density at radius 2 is 2.50 bits per heavy atom. The Kier molecular flexibility index (Phi) is 2.54. The van der Waals surface area contributed by atoms with E-state index in [-0.39, 0.29) is 11.9 Å². The van der Waals surface area contributed by atoms with E-state index < -0.39 is 0 Å². The first-order chi connectivity index (χ1) is 6.77. The SMILES string of the molecule is NC1CCCN(Cc2ccoc2)C1=O. The summed E-state index contributed by atoms with van der Waals surface area (Å²) in [6.07, 6.45) is 5.07. The molecule has 76 valence electrons. The second-order valence-corrected chi connectivity index (χ2v) is 3.64. The van der Waals surface area contributed by atoms with E-state index in [4.69, 9.17) is 10.2 Å². The van der Waals surface area contributed by atoms with E-state index in [1.807, 2.05) is 6.07 Å². The predicted octanol–water partition coefficient (Wildman–Crippen LogP) is 0.729. The summed E-state index contributed by atoms with van der Waals surface area (Å²) in [5.74, 6) is 0.0532. The number of nitrogens with zero attached hydrogens (tertiary/aromatic N) is 1. The standard InChI is InChI=1S/C10H14N2O2/c11-9-2-1-4-12(10(9)13)6-8-3-5-14-7-8/h3,5,7,9H,1-2,4,6,11H2. The molecule has 1 unspecified atom stereocenters. The molecule has 1 aromatic rings. The highest BCUT2D eigenvalue weighted by Gasteiger charge is 2.25. The summed E-state index contributed by atoms with van der Waals surface area (Å²) in [6.45, 7) is 1.42. The molecule has 0 spiro atoms. The van der Waals surface area contributed by atoms with E-state index >= 15 is 0 Å². The quantitative estimate of drug-likeness (QED) is 0.755. The highest BCUT2D eigenvalue weighted by molar-refractivity contribution is 5.82. The van der Waals surface area contributed by atoms with Crippen LogP contribution in [0.3, 0.4) is 0 Å². The second-order valence-electron chi connectivity index (χ2n) is 3.64. The summed E-state index contributed by atoms with van der Waals surface area (Å²) in [6, 6.07) is 1.56. The monoisotopic (exact) mass is 194 g/mol. The first kappa shape index (κ1) is 9.27. The Balaban J connectivity index is 2.00. The van der Waals surface area contributed by atoms with E-state index in [0.29, 0.717) is 6.54 Å². The number of rotatable bonds is 2. The van der Waals surface area contributed by atoms with Crippen molar-refractivity contribution in [3.8, 4) is 0 Å². The van der Waals surface area contributed by atoms with Crippen LogP contribution in [0.25, 0.3) is 0 Å². The number of carbonyl (C=O) groups is 1. The Bertz CT molecular complexity index is 308. The number of piperidine rings is 1. The molecule has 4 heteroatoms. The lowest BCUT2D eigenvalue weighted by molar-refractivity contribution is -0.135. The van der Waals surface area contributed by atoms with Crippen LogP contribution in [-0.2, 0) is 11.3 Å². The van der Waals surface area contributed by atoms with Crippen LogP contribution in [0.5, 0.6) is 0 Å². The van der Waals surface area contributed by atoms with Gasteiger partial charge in [0.1, 0.15) is 0 Å². The Hall–Kier alpha value is -1.29. The molecular weight excluding hydrogens is 180 g/mol. The third-order valence-electron chi connectivity index (χ3n) is 2.53. The van der Waals surface area contributed by atoms with E-state index in [9.17, 15) is 4.79 Å². The molecule has 1 aromatic heterocycles. The van der Waals surface area contributed by atoms with Gasteiger partial charge in [0.25, 0.3) is 0 Å². The second kappa shape index (κ2) is 3.84. The summed E-state index contributed by atoms with van der Waals surface area (Å²) in [5.41, 5.74) is 6.70. The lowest BCUT2D eigenvalue weighted by atomic mass is 10.1. The van der Waals surface area contributed by atoms with Crippen molar-refractivity contribution in [3.63, 3.8) is 0 Å². The largest absolute Gasteiger partial charge is 0.472 e. The van der Waals surface area contributed by atoms with Crippen molar-refractivity contribution in [2.45, 2.75) is 25.4 Å². The maximum absolute atomic E-state index is 11.6. The first-order valence-electron chi connectivity index (χ1n) is 4.83. The molecular formula is C10H14N2O2. The molecule has 1 aliphatic heterocycles. The third kappa shape index (κ3) is 1.80. The van der Waals surface area contributed by atoms with Crippen LogP contribution >= 0.6 is 0 Å². The number of hydrogen-bond donors (Lipinski definition) is 1. The molecule has 1 amide bonds. The number of hydrogen-bond acceptors (Lipinski definition) is 3. The topological polar surface area (TPSA) is 59.5 Å². The van der Waals surface area contributed by atoms with Crippen molar-refractivity contribution in [2.24, 2.45) is 5.73 Å². The van der Waals surface area contributed by atoms with Crippen LogP contribution in [0.1, 0.15) is 18.4 Å². The first-order valence-corrected chi connectivity index (χ1v) is 4.83. The van der Waals surface area contributed by atoms with Gasteiger partial charge in [0.2, 0.25) is 5.91 Å². The summed E-state index contributed by atoms with van der Waals surface area (Å²) in [7, 11) is 0. The Morgan fingerprint density at radius 3 is 3.21 bits per heavy atom. The molecule has 0 aromatic carbocycles. The maximum atomic E-state index is 11.6. The minimum absolute atomic E-state index is 0.0532. The lowest BCUT2D eigenvalue weighted by Crippen LogP contribution is -2.47. The molecule has 1 saturated heterocycles. The van der Waals surface area contributed by atoms with Gasteiger partial charge in [0.05, 0.1) is 18.6 Å². The molecule has 0 saturated carbocycles. The highest BCUT2D eigenvalue weighted by atomic mass is 16.3. The molecule has 2 N–H and O–H groups in total. The summed E-state index contributed by atoms with van der Waals surface area (Å²) >= 11 is 0. The van der Waals surface area contributed by atoms with E-state index in [1.165, 1.54) is 0 Å². The third-order valence-corrected chi connectivity index (χ3v) is 2.53. The summed E-state index contributed by atoms with van der Waals surface area (Å²) in [5, 5.41) is 0. The van der Waals surface area contributed by atoms with Gasteiger partial charge < -0.3 is 15.1 Å². The molecule has 1 atom stereocenters. The molecule has 1 fully saturated rings. The van der Waals surface area contributed by atoms with Crippen molar-refractivity contribution in [3.05, 3.63) is 24.2 Å². The molecule has 1 aliphatic rings.